The lowest BCUT2D eigenvalue weighted by Crippen LogP contribution is -2.16. The molecule has 0 atom stereocenters. The third-order valence-electron chi connectivity index (χ3n) is 3.71. The maximum Gasteiger partial charge on any atom is 0.255 e. The van der Waals surface area contributed by atoms with Gasteiger partial charge in [0.1, 0.15) is 0 Å². The van der Waals surface area contributed by atoms with Gasteiger partial charge in [-0.3, -0.25) is 19.0 Å². The van der Waals surface area contributed by atoms with Crippen molar-refractivity contribution in [3.8, 4) is 0 Å². The molecule has 0 aliphatic carbocycles. The van der Waals surface area contributed by atoms with Gasteiger partial charge in [0.2, 0.25) is 11.7 Å². The van der Waals surface area contributed by atoms with Gasteiger partial charge in [-0.1, -0.05) is 23.9 Å². The van der Waals surface area contributed by atoms with E-state index in [9.17, 15) is 9.59 Å². The van der Waals surface area contributed by atoms with Gasteiger partial charge in [0.15, 0.2) is 5.16 Å². The van der Waals surface area contributed by atoms with Gasteiger partial charge in [-0.05, 0) is 38.5 Å². The number of rotatable bonds is 4. The lowest BCUT2D eigenvalue weighted by Gasteiger charge is -2.07. The lowest BCUT2D eigenvalue weighted by atomic mass is 10.2. The predicted octanol–water partition coefficient (Wildman–Crippen LogP) is 2.07. The number of carbonyl (C=O) groups excluding carboxylic acids is 1. The van der Waals surface area contributed by atoms with Gasteiger partial charge in [-0.25, -0.2) is 0 Å². The second-order valence-electron chi connectivity index (χ2n) is 5.51. The van der Waals surface area contributed by atoms with E-state index in [4.69, 9.17) is 0 Å². The molecule has 1 aromatic carbocycles. The van der Waals surface area contributed by atoms with Crippen LogP contribution >= 0.6 is 11.8 Å². The van der Waals surface area contributed by atoms with Crippen molar-refractivity contribution in [3.05, 3.63) is 51.4 Å². The number of aromatic amines is 1. The number of hydrogen-bond donors (Lipinski definition) is 2. The van der Waals surface area contributed by atoms with Crippen LogP contribution in [-0.2, 0) is 4.79 Å². The molecule has 0 saturated carbocycles. The van der Waals surface area contributed by atoms with E-state index in [0.29, 0.717) is 16.5 Å². The molecule has 8 heteroatoms. The summed E-state index contributed by atoms with van der Waals surface area (Å²) in [5.74, 6) is 0.456. The van der Waals surface area contributed by atoms with Crippen LogP contribution in [-0.4, -0.2) is 31.2 Å². The summed E-state index contributed by atoms with van der Waals surface area (Å²) in [5, 5.41) is 11.4. The lowest BCUT2D eigenvalue weighted by molar-refractivity contribution is -0.113. The fraction of sp³-hybridized carbons (Fsp3) is 0.250. The minimum atomic E-state index is -0.179. The van der Waals surface area contributed by atoms with Crippen LogP contribution in [0.5, 0.6) is 0 Å². The Hall–Kier alpha value is -2.61. The van der Waals surface area contributed by atoms with Crippen LogP contribution in [0.15, 0.2) is 34.2 Å². The molecule has 7 nitrogen and oxygen atoms in total. The Morgan fingerprint density at radius 1 is 1.29 bits per heavy atom. The van der Waals surface area contributed by atoms with Crippen LogP contribution in [0.3, 0.4) is 0 Å². The van der Waals surface area contributed by atoms with Crippen LogP contribution in [0.1, 0.15) is 16.8 Å². The molecule has 0 spiro atoms. The van der Waals surface area contributed by atoms with E-state index in [1.165, 1.54) is 11.8 Å². The van der Waals surface area contributed by atoms with Gasteiger partial charge >= 0.3 is 0 Å². The molecule has 0 bridgehead atoms. The molecule has 0 saturated heterocycles. The first kappa shape index (κ1) is 16.3. The molecule has 1 amide bonds. The van der Waals surface area contributed by atoms with Crippen molar-refractivity contribution < 1.29 is 4.79 Å². The Kier molecular flexibility index (Phi) is 4.39. The molecule has 3 aromatic rings. The summed E-state index contributed by atoms with van der Waals surface area (Å²) >= 11 is 1.27. The molecule has 0 aliphatic heterocycles. The van der Waals surface area contributed by atoms with E-state index in [2.05, 4.69) is 20.5 Å². The summed E-state index contributed by atoms with van der Waals surface area (Å²) in [5.41, 5.74) is 3.04. The number of aryl methyl sites for hydroxylation is 2. The molecule has 124 valence electrons. The van der Waals surface area contributed by atoms with Crippen molar-refractivity contribution >= 4 is 29.1 Å². The largest absolute Gasteiger partial charge is 0.325 e. The van der Waals surface area contributed by atoms with Gasteiger partial charge < -0.3 is 5.32 Å². The molecule has 24 heavy (non-hydrogen) atoms. The van der Waals surface area contributed by atoms with E-state index in [0.717, 1.165) is 16.9 Å². The fourth-order valence-electron chi connectivity index (χ4n) is 2.32. The first-order valence-electron chi connectivity index (χ1n) is 7.39. The highest BCUT2D eigenvalue weighted by Crippen LogP contribution is 2.19. The average Bonchev–Trinajstić information content (AvgIpc) is 2.93. The Labute approximate surface area is 142 Å². The number of hydrogen-bond acceptors (Lipinski definition) is 5. The number of thioether (sulfide) groups is 1. The van der Waals surface area contributed by atoms with Gasteiger partial charge in [0.05, 0.1) is 5.75 Å². The average molecular weight is 343 g/mol. The topological polar surface area (TPSA) is 92.2 Å². The zero-order valence-corrected chi connectivity index (χ0v) is 14.4. The normalized spacial score (nSPS) is 11.0. The molecular formula is C16H17N5O2S. The number of nitrogens with zero attached hydrogens (tertiary/aromatic N) is 3. The Bertz CT molecular complexity index is 976. The first-order chi connectivity index (χ1) is 11.5. The molecule has 0 aliphatic rings. The van der Waals surface area contributed by atoms with Crippen LogP contribution in [0.25, 0.3) is 5.78 Å². The van der Waals surface area contributed by atoms with Gasteiger partial charge in [0.25, 0.3) is 5.56 Å². The Morgan fingerprint density at radius 2 is 2.08 bits per heavy atom. The number of carbonyl (C=O) groups is 1. The van der Waals surface area contributed by atoms with E-state index in [1.54, 1.807) is 11.3 Å². The molecular weight excluding hydrogens is 326 g/mol. The Balaban J connectivity index is 1.75. The van der Waals surface area contributed by atoms with Crippen LogP contribution in [0, 0.1) is 20.8 Å². The molecule has 2 N–H and O–H groups in total. The second-order valence-corrected chi connectivity index (χ2v) is 6.45. The number of H-pyrrole nitrogens is 1. The molecule has 0 fully saturated rings. The predicted molar refractivity (Wildman–Crippen MR) is 93.6 cm³/mol. The number of benzene rings is 1. The molecule has 0 unspecified atom stereocenters. The van der Waals surface area contributed by atoms with Gasteiger partial charge in [0, 0.05) is 16.9 Å². The third-order valence-corrected chi connectivity index (χ3v) is 4.64. The van der Waals surface area contributed by atoms with Gasteiger partial charge in [-0.15, -0.1) is 10.2 Å². The van der Waals surface area contributed by atoms with E-state index < -0.39 is 0 Å². The molecule has 3 rings (SSSR count). The van der Waals surface area contributed by atoms with Crippen molar-refractivity contribution in [1.82, 2.24) is 19.6 Å². The highest BCUT2D eigenvalue weighted by molar-refractivity contribution is 7.99. The summed E-state index contributed by atoms with van der Waals surface area (Å²) in [6.45, 7) is 5.54. The first-order valence-corrected chi connectivity index (χ1v) is 8.38. The maximum absolute atomic E-state index is 12.1. The standard InChI is InChI=1S/C16H17N5O2S/c1-9-5-4-6-12(7-9)17-13(22)8-24-16-20-19-15-18-14(23)10(2)11(3)21(15)16/h4-7H,8H2,1-3H3,(H,17,22)(H,18,19,23). The smallest absolute Gasteiger partial charge is 0.255 e. The zero-order valence-electron chi connectivity index (χ0n) is 13.6. The van der Waals surface area contributed by atoms with Crippen molar-refractivity contribution in [3.63, 3.8) is 0 Å². The third kappa shape index (κ3) is 3.18. The number of nitrogens with one attached hydrogen (secondary N) is 2. The molecule has 2 aromatic heterocycles. The number of fused-ring (bicyclic) bond motifs is 1. The number of aromatic nitrogens is 4. The number of anilines is 1. The molecule has 2 heterocycles. The Morgan fingerprint density at radius 3 is 2.83 bits per heavy atom. The summed E-state index contributed by atoms with van der Waals surface area (Å²) in [7, 11) is 0. The summed E-state index contributed by atoms with van der Waals surface area (Å²) in [4.78, 5) is 26.5. The molecule has 0 radical (unpaired) electrons. The van der Waals surface area contributed by atoms with Crippen LogP contribution in [0.4, 0.5) is 5.69 Å². The number of amides is 1. The second kappa shape index (κ2) is 6.48. The van der Waals surface area contributed by atoms with Crippen LogP contribution < -0.4 is 10.9 Å². The van der Waals surface area contributed by atoms with Crippen molar-refractivity contribution in [2.45, 2.75) is 25.9 Å². The SMILES string of the molecule is Cc1cccc(NC(=O)CSc2nnc3[nH]c(=O)c(C)c(C)n23)c1. The van der Waals surface area contributed by atoms with Crippen molar-refractivity contribution in [1.29, 1.82) is 0 Å². The monoisotopic (exact) mass is 343 g/mol. The summed E-state index contributed by atoms with van der Waals surface area (Å²) in [6, 6.07) is 7.62. The van der Waals surface area contributed by atoms with E-state index in [-0.39, 0.29) is 17.2 Å². The van der Waals surface area contributed by atoms with Crippen molar-refractivity contribution in [2.24, 2.45) is 0 Å². The summed E-state index contributed by atoms with van der Waals surface area (Å²) in [6.07, 6.45) is 0. The van der Waals surface area contributed by atoms with Crippen molar-refractivity contribution in [2.75, 3.05) is 11.1 Å². The fourth-order valence-corrected chi connectivity index (χ4v) is 3.11. The highest BCUT2D eigenvalue weighted by atomic mass is 32.2. The zero-order chi connectivity index (χ0) is 17.3. The van der Waals surface area contributed by atoms with Crippen LogP contribution in [0.2, 0.25) is 0 Å². The summed E-state index contributed by atoms with van der Waals surface area (Å²) < 4.78 is 1.75. The minimum absolute atomic E-state index is 0.124. The van der Waals surface area contributed by atoms with E-state index >= 15 is 0 Å². The highest BCUT2D eigenvalue weighted by Gasteiger charge is 2.14. The minimum Gasteiger partial charge on any atom is -0.325 e. The quantitative estimate of drug-likeness (QED) is 0.708. The van der Waals surface area contributed by atoms with E-state index in [1.807, 2.05) is 38.1 Å². The van der Waals surface area contributed by atoms with Gasteiger partial charge in [-0.2, -0.15) is 0 Å². The maximum atomic E-state index is 12.1.